The van der Waals surface area contributed by atoms with Crippen LogP contribution in [0.3, 0.4) is 0 Å². The summed E-state index contributed by atoms with van der Waals surface area (Å²) >= 11 is 0. The van der Waals surface area contributed by atoms with Crippen molar-refractivity contribution in [2.45, 2.75) is 116 Å². The largest absolute Gasteiger partial charge is 0.471 e. The lowest BCUT2D eigenvalue weighted by molar-refractivity contribution is -0.142. The Kier molecular flexibility index (Phi) is 10.4. The number of rotatable bonds is 6. The number of pyridine rings is 1. The summed E-state index contributed by atoms with van der Waals surface area (Å²) in [6, 6.07) is 5.56. The number of hydrogen-bond donors (Lipinski definition) is 3. The molecule has 1 saturated heterocycles. The molecular formula is C42H54N6O8S. The number of aryl methyl sites for hydroxylation is 1. The molecule has 2 aliphatic carbocycles. The number of alkyl carbamates (subject to hydrolysis) is 1. The molecule has 5 atom stereocenters. The van der Waals surface area contributed by atoms with E-state index in [4.69, 9.17) is 14.5 Å². The SMILES string of the molecule is C=C[C@@H]1C[C@]1(NC(=O)[C@@H]1C[C@@H]2CN1C(=O)[C@H](C(C)(C)C)NC(=O)OCC(C)(C)CCC=CCn1cc(C)c3c4ccccc4nc(c31)O2)C(=O)NS(=O)(=O)C1CC1. The molecule has 2 bridgehead atoms. The fraction of sp³-hybridized carbons (Fsp3) is 0.548. The standard InChI is InChI=1S/C42H54N6O8S/c1-8-26-21-42(26,38(51)46-57(53,54)28-16-17-28)45-35(49)31-20-27-23-48(31)37(50)34(40(3,4)5)44-39(52)55-24-41(6,7)18-12-9-13-19-47-22-25(2)32-29-14-10-11-15-30(29)43-36(56-27)33(32)47/h8-11,13-15,22,26-28,31,34H,1,12,16-21,23-24H2,2-7H3,(H,44,52)(H,45,49)(H,46,51)/t26-,27-,31+,34-,42-/m1/s1. The number of sulfonamides is 1. The van der Waals surface area contributed by atoms with Crippen LogP contribution in [0.1, 0.15) is 78.7 Å². The van der Waals surface area contributed by atoms with E-state index in [1.54, 1.807) is 0 Å². The molecule has 2 aliphatic heterocycles. The van der Waals surface area contributed by atoms with Crippen molar-refractivity contribution in [3.8, 4) is 5.88 Å². The minimum atomic E-state index is -3.91. The third kappa shape index (κ3) is 8.12. The van der Waals surface area contributed by atoms with Gasteiger partial charge in [-0.1, -0.05) is 71.0 Å². The number of para-hydroxylation sites is 1. The topological polar surface area (TPSA) is 178 Å². The monoisotopic (exact) mass is 802 g/mol. The molecule has 2 aromatic heterocycles. The summed E-state index contributed by atoms with van der Waals surface area (Å²) in [7, 11) is -3.91. The van der Waals surface area contributed by atoms with E-state index >= 15 is 0 Å². The minimum Gasteiger partial charge on any atom is -0.471 e. The molecular weight excluding hydrogens is 749 g/mol. The highest BCUT2D eigenvalue weighted by atomic mass is 32.2. The summed E-state index contributed by atoms with van der Waals surface area (Å²) in [4.78, 5) is 62.6. The van der Waals surface area contributed by atoms with Crippen LogP contribution in [0.15, 0.2) is 55.3 Å². The first-order valence-corrected chi connectivity index (χ1v) is 21.3. The van der Waals surface area contributed by atoms with Crippen LogP contribution in [0.2, 0.25) is 0 Å². The fourth-order valence-electron chi connectivity index (χ4n) is 8.07. The smallest absolute Gasteiger partial charge is 0.407 e. The van der Waals surface area contributed by atoms with Crippen LogP contribution < -0.4 is 20.1 Å². The minimum absolute atomic E-state index is 0.0273. The summed E-state index contributed by atoms with van der Waals surface area (Å²) < 4.78 is 42.3. The van der Waals surface area contributed by atoms with Crippen LogP contribution in [0.5, 0.6) is 5.88 Å². The summed E-state index contributed by atoms with van der Waals surface area (Å²) in [5, 5.41) is 6.94. The fourth-order valence-corrected chi connectivity index (χ4v) is 9.44. The van der Waals surface area contributed by atoms with Crippen molar-refractivity contribution < 1.29 is 37.1 Å². The number of allylic oxidation sites excluding steroid dienone is 2. The molecule has 4 heterocycles. The molecule has 2 saturated carbocycles. The predicted octanol–water partition coefficient (Wildman–Crippen LogP) is 5.03. The number of amides is 4. The van der Waals surface area contributed by atoms with E-state index in [9.17, 15) is 27.6 Å². The molecule has 4 aliphatic rings. The first-order valence-electron chi connectivity index (χ1n) is 19.8. The Morgan fingerprint density at radius 3 is 2.54 bits per heavy atom. The van der Waals surface area contributed by atoms with Gasteiger partial charge < -0.3 is 29.6 Å². The maximum absolute atomic E-state index is 14.8. The van der Waals surface area contributed by atoms with Gasteiger partial charge in [0.25, 0.3) is 5.91 Å². The van der Waals surface area contributed by atoms with Crippen LogP contribution in [-0.2, 0) is 35.7 Å². The Morgan fingerprint density at radius 2 is 1.86 bits per heavy atom. The zero-order valence-electron chi connectivity index (χ0n) is 33.6. The molecule has 15 heteroatoms. The number of aromatic nitrogens is 2. The molecule has 3 aromatic rings. The van der Waals surface area contributed by atoms with Crippen LogP contribution in [0.4, 0.5) is 4.79 Å². The zero-order valence-corrected chi connectivity index (χ0v) is 34.4. The molecule has 4 amide bonds. The van der Waals surface area contributed by atoms with Gasteiger partial charge in [0.1, 0.15) is 29.2 Å². The second-order valence-corrected chi connectivity index (χ2v) is 19.9. The lowest BCUT2D eigenvalue weighted by Crippen LogP contribution is -2.60. The lowest BCUT2D eigenvalue weighted by atomic mass is 9.85. The molecule has 306 valence electrons. The van der Waals surface area contributed by atoms with Crippen molar-refractivity contribution in [2.24, 2.45) is 16.7 Å². The summed E-state index contributed by atoms with van der Waals surface area (Å²) in [5.41, 5.74) is -0.180. The van der Waals surface area contributed by atoms with Gasteiger partial charge in [-0.05, 0) is 61.5 Å². The normalized spacial score (nSPS) is 27.0. The highest BCUT2D eigenvalue weighted by Gasteiger charge is 2.62. The third-order valence-electron chi connectivity index (χ3n) is 11.7. The Labute approximate surface area is 333 Å². The van der Waals surface area contributed by atoms with Gasteiger partial charge in [0, 0.05) is 35.9 Å². The van der Waals surface area contributed by atoms with Crippen LogP contribution in [-0.4, -0.2) is 88.8 Å². The molecule has 0 unspecified atom stereocenters. The number of carbonyl (C=O) groups is 4. The van der Waals surface area contributed by atoms with E-state index in [0.717, 1.165) is 40.2 Å². The van der Waals surface area contributed by atoms with Gasteiger partial charge in [-0.3, -0.25) is 19.1 Å². The Balaban J connectivity index is 1.28. The second kappa shape index (κ2) is 14.8. The van der Waals surface area contributed by atoms with Gasteiger partial charge in [0.15, 0.2) is 0 Å². The molecule has 0 radical (unpaired) electrons. The average molecular weight is 803 g/mol. The quantitative estimate of drug-likeness (QED) is 0.289. The van der Waals surface area contributed by atoms with Crippen LogP contribution in [0, 0.1) is 23.7 Å². The van der Waals surface area contributed by atoms with E-state index in [1.165, 1.54) is 11.0 Å². The van der Waals surface area contributed by atoms with Crippen molar-refractivity contribution in [2.75, 3.05) is 13.2 Å². The van der Waals surface area contributed by atoms with E-state index in [0.29, 0.717) is 25.3 Å². The highest BCUT2D eigenvalue weighted by molar-refractivity contribution is 7.91. The molecule has 14 nitrogen and oxygen atoms in total. The highest BCUT2D eigenvalue weighted by Crippen LogP contribution is 2.46. The predicted molar refractivity (Wildman–Crippen MR) is 216 cm³/mol. The number of ether oxygens (including phenoxy) is 2. The van der Waals surface area contributed by atoms with Gasteiger partial charge in [-0.25, -0.2) is 18.2 Å². The van der Waals surface area contributed by atoms with Crippen molar-refractivity contribution in [1.29, 1.82) is 0 Å². The maximum atomic E-state index is 14.8. The summed E-state index contributed by atoms with van der Waals surface area (Å²) in [5.74, 6) is -2.20. The Hall–Kier alpha value is -4.92. The second-order valence-electron chi connectivity index (χ2n) is 18.0. The first-order chi connectivity index (χ1) is 26.8. The molecule has 57 heavy (non-hydrogen) atoms. The number of hydrogen-bond acceptors (Lipinski definition) is 9. The molecule has 7 rings (SSSR count). The van der Waals surface area contributed by atoms with Gasteiger partial charge in [-0.2, -0.15) is 0 Å². The maximum Gasteiger partial charge on any atom is 0.407 e. The van der Waals surface area contributed by atoms with E-state index in [1.807, 2.05) is 65.8 Å². The van der Waals surface area contributed by atoms with E-state index in [-0.39, 0.29) is 31.4 Å². The first kappa shape index (κ1) is 40.3. The van der Waals surface area contributed by atoms with E-state index < -0.39 is 74.1 Å². The van der Waals surface area contributed by atoms with Crippen molar-refractivity contribution in [1.82, 2.24) is 29.8 Å². The number of benzene rings is 1. The summed E-state index contributed by atoms with van der Waals surface area (Å²) in [6.45, 7) is 15.9. The number of carbonyl (C=O) groups excluding carboxylic acids is 4. The van der Waals surface area contributed by atoms with Crippen molar-refractivity contribution in [3.05, 3.63) is 60.8 Å². The molecule has 1 aromatic carbocycles. The Bertz CT molecular complexity index is 2270. The molecule has 3 fully saturated rings. The summed E-state index contributed by atoms with van der Waals surface area (Å²) in [6.07, 6.45) is 8.91. The zero-order chi connectivity index (χ0) is 41.1. The van der Waals surface area contributed by atoms with Gasteiger partial charge in [-0.15, -0.1) is 6.58 Å². The van der Waals surface area contributed by atoms with Gasteiger partial charge >= 0.3 is 6.09 Å². The molecule has 3 N–H and O–H groups in total. The Morgan fingerprint density at radius 1 is 1.12 bits per heavy atom. The number of fused-ring (bicyclic) bond motifs is 4. The number of nitrogens with one attached hydrogen (secondary N) is 3. The average Bonchev–Trinajstić information content (AvgIpc) is 4.05. The van der Waals surface area contributed by atoms with Gasteiger partial charge in [0.05, 0.1) is 23.9 Å². The number of nitrogens with zero attached hydrogens (tertiary/aromatic N) is 3. The van der Waals surface area contributed by atoms with Gasteiger partial charge in [0.2, 0.25) is 27.7 Å². The van der Waals surface area contributed by atoms with Crippen molar-refractivity contribution in [3.63, 3.8) is 0 Å². The van der Waals surface area contributed by atoms with Crippen LogP contribution >= 0.6 is 0 Å². The number of cyclic esters (lactones) is 1. The third-order valence-corrected chi connectivity index (χ3v) is 13.5. The molecule has 0 spiro atoms. The van der Waals surface area contributed by atoms with Crippen molar-refractivity contribution >= 4 is 55.6 Å². The lowest BCUT2D eigenvalue weighted by Gasteiger charge is -2.35. The van der Waals surface area contributed by atoms with E-state index in [2.05, 4.69) is 44.9 Å². The van der Waals surface area contributed by atoms with Crippen LogP contribution in [0.25, 0.3) is 21.8 Å².